The minimum absolute atomic E-state index is 0.119. The molecular weight excluding hydrogens is 506 g/mol. The van der Waals surface area contributed by atoms with Crippen molar-refractivity contribution in [2.45, 2.75) is 20.8 Å². The molecule has 188 valence electrons. The van der Waals surface area contributed by atoms with Gasteiger partial charge in [-0.25, -0.2) is 9.97 Å². The number of carbonyl (C=O) groups excluding carboxylic acids is 2. The van der Waals surface area contributed by atoms with E-state index in [0.29, 0.717) is 73.4 Å². The highest BCUT2D eigenvalue weighted by Gasteiger charge is 2.35. The predicted octanol–water partition coefficient (Wildman–Crippen LogP) is 4.91. The van der Waals surface area contributed by atoms with Gasteiger partial charge in [0.05, 0.1) is 33.9 Å². The SMILES string of the molecule is CCSC1=C(Nc2ncnc3cc(OCCOC)c(OC)cc23)C(=O)C(SCC)=C(SCC)C1=O. The van der Waals surface area contributed by atoms with Gasteiger partial charge in [0.15, 0.2) is 11.5 Å². The van der Waals surface area contributed by atoms with Gasteiger partial charge >= 0.3 is 0 Å². The van der Waals surface area contributed by atoms with Gasteiger partial charge in [-0.05, 0) is 23.3 Å². The molecule has 0 fully saturated rings. The molecule has 0 radical (unpaired) electrons. The van der Waals surface area contributed by atoms with Crippen LogP contribution in [0.5, 0.6) is 11.5 Å². The molecule has 8 nitrogen and oxygen atoms in total. The molecule has 0 saturated carbocycles. The summed E-state index contributed by atoms with van der Waals surface area (Å²) in [5.41, 5.74) is 0.856. The van der Waals surface area contributed by atoms with E-state index in [1.807, 2.05) is 20.8 Å². The van der Waals surface area contributed by atoms with Crippen molar-refractivity contribution < 1.29 is 23.8 Å². The van der Waals surface area contributed by atoms with E-state index in [0.717, 1.165) is 0 Å². The molecule has 0 saturated heterocycles. The highest BCUT2D eigenvalue weighted by Crippen LogP contribution is 2.41. The molecule has 11 heteroatoms. The Balaban J connectivity index is 2.08. The smallest absolute Gasteiger partial charge is 0.218 e. The number of nitrogens with zero attached hydrogens (tertiary/aromatic N) is 2. The van der Waals surface area contributed by atoms with Crippen molar-refractivity contribution in [3.8, 4) is 11.5 Å². The summed E-state index contributed by atoms with van der Waals surface area (Å²) in [5.74, 6) is 3.17. The van der Waals surface area contributed by atoms with Gasteiger partial charge in [-0.3, -0.25) is 9.59 Å². The number of carbonyl (C=O) groups is 2. The Hall–Kier alpha value is -2.21. The highest BCUT2D eigenvalue weighted by molar-refractivity contribution is 8.08. The first-order chi connectivity index (χ1) is 17.0. The lowest BCUT2D eigenvalue weighted by Gasteiger charge is -2.23. The van der Waals surface area contributed by atoms with Crippen molar-refractivity contribution in [3.63, 3.8) is 0 Å². The summed E-state index contributed by atoms with van der Waals surface area (Å²) in [4.78, 5) is 37.2. The van der Waals surface area contributed by atoms with Crippen LogP contribution in [0.2, 0.25) is 0 Å². The van der Waals surface area contributed by atoms with Crippen LogP contribution in [-0.2, 0) is 14.3 Å². The monoisotopic (exact) mass is 535 g/mol. The molecule has 1 heterocycles. The van der Waals surface area contributed by atoms with Gasteiger partial charge in [0.1, 0.15) is 24.4 Å². The Kier molecular flexibility index (Phi) is 10.3. The fraction of sp³-hybridized carbons (Fsp3) is 0.417. The molecule has 35 heavy (non-hydrogen) atoms. The third-order valence-corrected chi connectivity index (χ3v) is 7.88. The van der Waals surface area contributed by atoms with E-state index in [4.69, 9.17) is 14.2 Å². The number of nitrogens with one attached hydrogen (secondary N) is 1. The topological polar surface area (TPSA) is 99.6 Å². The molecule has 0 spiro atoms. The average molecular weight is 536 g/mol. The average Bonchev–Trinajstić information content (AvgIpc) is 2.86. The summed E-state index contributed by atoms with van der Waals surface area (Å²) in [6.45, 7) is 6.69. The number of thioether (sulfide) groups is 3. The lowest BCUT2D eigenvalue weighted by atomic mass is 10.1. The Morgan fingerprint density at radius 2 is 1.49 bits per heavy atom. The number of hydrogen-bond acceptors (Lipinski definition) is 11. The van der Waals surface area contributed by atoms with Gasteiger partial charge < -0.3 is 19.5 Å². The summed E-state index contributed by atoms with van der Waals surface area (Å²) in [7, 11) is 3.15. The second-order valence-corrected chi connectivity index (χ2v) is 10.9. The van der Waals surface area contributed by atoms with Gasteiger partial charge in [0.2, 0.25) is 11.6 Å². The minimum atomic E-state index is -0.193. The summed E-state index contributed by atoms with van der Waals surface area (Å²) >= 11 is 4.17. The maximum absolute atomic E-state index is 13.6. The zero-order valence-corrected chi connectivity index (χ0v) is 22.9. The van der Waals surface area contributed by atoms with Crippen molar-refractivity contribution in [1.29, 1.82) is 0 Å². The summed E-state index contributed by atoms with van der Waals surface area (Å²) in [6.07, 6.45) is 1.41. The van der Waals surface area contributed by atoms with Gasteiger partial charge in [-0.2, -0.15) is 0 Å². The van der Waals surface area contributed by atoms with Crippen LogP contribution in [0.3, 0.4) is 0 Å². The number of ketones is 2. The first-order valence-corrected chi connectivity index (χ1v) is 14.1. The number of anilines is 1. The first kappa shape index (κ1) is 27.4. The highest BCUT2D eigenvalue weighted by atomic mass is 32.2. The maximum atomic E-state index is 13.6. The first-order valence-electron chi connectivity index (χ1n) is 11.2. The van der Waals surface area contributed by atoms with Crippen LogP contribution in [0.25, 0.3) is 10.9 Å². The van der Waals surface area contributed by atoms with E-state index in [2.05, 4.69) is 15.3 Å². The van der Waals surface area contributed by atoms with Crippen molar-refractivity contribution in [2.75, 3.05) is 50.0 Å². The quantitative estimate of drug-likeness (QED) is 0.280. The van der Waals surface area contributed by atoms with E-state index in [1.165, 1.54) is 41.6 Å². The van der Waals surface area contributed by atoms with E-state index < -0.39 is 0 Å². The summed E-state index contributed by atoms with van der Waals surface area (Å²) in [5, 5.41) is 3.82. The van der Waals surface area contributed by atoms with Crippen LogP contribution in [0.15, 0.2) is 38.9 Å². The maximum Gasteiger partial charge on any atom is 0.218 e. The molecular formula is C24H29N3O5S3. The summed E-state index contributed by atoms with van der Waals surface area (Å²) < 4.78 is 16.3. The van der Waals surface area contributed by atoms with Crippen LogP contribution >= 0.6 is 35.3 Å². The van der Waals surface area contributed by atoms with E-state index in [9.17, 15) is 9.59 Å². The predicted molar refractivity (Wildman–Crippen MR) is 146 cm³/mol. The van der Waals surface area contributed by atoms with Crippen LogP contribution < -0.4 is 14.8 Å². The Labute approximate surface area is 218 Å². The molecule has 0 atom stereocenters. The van der Waals surface area contributed by atoms with Crippen LogP contribution in [-0.4, -0.2) is 66.2 Å². The molecule has 0 unspecified atom stereocenters. The minimum Gasteiger partial charge on any atom is -0.493 e. The Morgan fingerprint density at radius 1 is 0.829 bits per heavy atom. The van der Waals surface area contributed by atoms with E-state index in [-0.39, 0.29) is 17.3 Å². The normalized spacial score (nSPS) is 14.2. The van der Waals surface area contributed by atoms with Gasteiger partial charge in [0, 0.05) is 18.6 Å². The van der Waals surface area contributed by atoms with Gasteiger partial charge in [-0.15, -0.1) is 35.3 Å². The molecule has 1 aromatic carbocycles. The van der Waals surface area contributed by atoms with Crippen LogP contribution in [0.4, 0.5) is 5.82 Å². The Bertz CT molecular complexity index is 1170. The van der Waals surface area contributed by atoms with Crippen LogP contribution in [0, 0.1) is 0 Å². The molecule has 2 aromatic rings. The zero-order valence-electron chi connectivity index (χ0n) is 20.4. The largest absolute Gasteiger partial charge is 0.493 e. The third kappa shape index (κ3) is 6.14. The number of benzene rings is 1. The van der Waals surface area contributed by atoms with Gasteiger partial charge in [-0.1, -0.05) is 20.8 Å². The lowest BCUT2D eigenvalue weighted by Crippen LogP contribution is -2.25. The molecule has 0 aliphatic heterocycles. The number of Topliss-reactive ketones (excluding diaryl/α,β-unsaturated/α-hetero) is 2. The number of fused-ring (bicyclic) bond motifs is 1. The number of methoxy groups -OCH3 is 2. The molecule has 0 bridgehead atoms. The molecule has 1 aliphatic carbocycles. The second-order valence-electron chi connectivity index (χ2n) is 7.03. The molecule has 0 amide bonds. The second kappa shape index (κ2) is 13.2. The number of ether oxygens (including phenoxy) is 3. The Morgan fingerprint density at radius 3 is 2.11 bits per heavy atom. The molecule has 1 aromatic heterocycles. The summed E-state index contributed by atoms with van der Waals surface area (Å²) in [6, 6.07) is 3.52. The van der Waals surface area contributed by atoms with Crippen molar-refractivity contribution in [3.05, 3.63) is 38.9 Å². The van der Waals surface area contributed by atoms with E-state index in [1.54, 1.807) is 26.4 Å². The standard InChI is InChI=1S/C24H29N3O5S3/c1-6-33-21-18(19(28)22(34-7-2)23(20(21)29)35-8-3)27-24-14-11-16(31-5)17(32-10-9-30-4)12-15(14)25-13-26-24/h11-13H,6-10H2,1-5H3,(H,25,26,27). The number of hydrogen-bond donors (Lipinski definition) is 1. The number of allylic oxidation sites excluding steroid dienone is 3. The van der Waals surface area contributed by atoms with Crippen molar-refractivity contribution >= 4 is 63.6 Å². The van der Waals surface area contributed by atoms with E-state index >= 15 is 0 Å². The molecule has 1 aliphatic rings. The number of aromatic nitrogens is 2. The zero-order chi connectivity index (χ0) is 25.4. The molecule has 3 rings (SSSR count). The van der Waals surface area contributed by atoms with Crippen molar-refractivity contribution in [2.24, 2.45) is 0 Å². The number of rotatable bonds is 13. The fourth-order valence-corrected chi connectivity index (χ4v) is 6.09. The third-order valence-electron chi connectivity index (χ3n) is 4.85. The lowest BCUT2D eigenvalue weighted by molar-refractivity contribution is -0.115. The van der Waals surface area contributed by atoms with Gasteiger partial charge in [0.25, 0.3) is 0 Å². The van der Waals surface area contributed by atoms with Crippen molar-refractivity contribution in [1.82, 2.24) is 9.97 Å². The fourth-order valence-electron chi connectivity index (χ4n) is 3.38. The molecule has 1 N–H and O–H groups in total. The van der Waals surface area contributed by atoms with Crippen LogP contribution in [0.1, 0.15) is 20.8 Å².